The molecule has 1 saturated heterocycles. The van der Waals surface area contributed by atoms with E-state index in [1.54, 1.807) is 0 Å². The fourth-order valence-corrected chi connectivity index (χ4v) is 2.91. The maximum absolute atomic E-state index is 12.1. The van der Waals surface area contributed by atoms with E-state index in [1.807, 2.05) is 4.90 Å². The van der Waals surface area contributed by atoms with E-state index < -0.39 is 5.60 Å². The topological polar surface area (TPSA) is 43.8 Å². The lowest BCUT2D eigenvalue weighted by Gasteiger charge is -2.47. The van der Waals surface area contributed by atoms with Crippen molar-refractivity contribution in [3.05, 3.63) is 0 Å². The summed E-state index contributed by atoms with van der Waals surface area (Å²) in [5.74, 6) is 0.725. The first-order valence-electron chi connectivity index (χ1n) is 7.31. The van der Waals surface area contributed by atoms with Crippen LogP contribution in [0.5, 0.6) is 0 Å². The summed E-state index contributed by atoms with van der Waals surface area (Å²) in [7, 11) is 0. The third-order valence-corrected chi connectivity index (χ3v) is 4.03. The van der Waals surface area contributed by atoms with Crippen LogP contribution in [0.2, 0.25) is 0 Å². The van der Waals surface area contributed by atoms with Crippen LogP contribution in [0, 0.1) is 5.92 Å². The van der Waals surface area contributed by atoms with Crippen LogP contribution < -0.4 is 0 Å². The molecule has 0 bridgehead atoms. The number of carbonyl (C=O) groups is 1. The Labute approximate surface area is 110 Å². The quantitative estimate of drug-likeness (QED) is 0.739. The molecule has 1 heterocycles. The first-order chi connectivity index (χ1) is 8.59. The Morgan fingerprint density at radius 1 is 1.28 bits per heavy atom. The van der Waals surface area contributed by atoms with E-state index >= 15 is 0 Å². The third-order valence-electron chi connectivity index (χ3n) is 4.03. The molecule has 0 aromatic carbocycles. The SMILES string of the molecule is CCCN(CCC)C(=O)CN1CC(O)(C2CC2)C1. The summed E-state index contributed by atoms with van der Waals surface area (Å²) in [4.78, 5) is 16.2. The van der Waals surface area contributed by atoms with Gasteiger partial charge in [0.15, 0.2) is 0 Å². The number of hydrogen-bond donors (Lipinski definition) is 1. The minimum atomic E-state index is -0.472. The van der Waals surface area contributed by atoms with Gasteiger partial charge in [0.25, 0.3) is 0 Å². The van der Waals surface area contributed by atoms with Gasteiger partial charge in [-0.1, -0.05) is 13.8 Å². The Bertz CT molecular complexity index is 290. The van der Waals surface area contributed by atoms with Gasteiger partial charge in [0.1, 0.15) is 0 Å². The van der Waals surface area contributed by atoms with E-state index in [0.717, 1.165) is 38.8 Å². The van der Waals surface area contributed by atoms with Crippen molar-refractivity contribution in [3.8, 4) is 0 Å². The van der Waals surface area contributed by atoms with Crippen LogP contribution in [0.4, 0.5) is 0 Å². The molecular weight excluding hydrogens is 228 g/mol. The fraction of sp³-hybridized carbons (Fsp3) is 0.929. The highest BCUT2D eigenvalue weighted by Crippen LogP contribution is 2.44. The Balaban J connectivity index is 1.74. The molecule has 2 fully saturated rings. The van der Waals surface area contributed by atoms with Gasteiger partial charge >= 0.3 is 0 Å². The zero-order chi connectivity index (χ0) is 13.2. The monoisotopic (exact) mass is 254 g/mol. The molecule has 1 N–H and O–H groups in total. The number of likely N-dealkylation sites (tertiary alicyclic amines) is 1. The van der Waals surface area contributed by atoms with E-state index in [0.29, 0.717) is 25.6 Å². The Morgan fingerprint density at radius 2 is 1.83 bits per heavy atom. The predicted octanol–water partition coefficient (Wildman–Crippen LogP) is 1.09. The summed E-state index contributed by atoms with van der Waals surface area (Å²) in [6, 6.07) is 0. The minimum absolute atomic E-state index is 0.219. The summed E-state index contributed by atoms with van der Waals surface area (Å²) in [6.07, 6.45) is 4.35. The highest BCUT2D eigenvalue weighted by Gasteiger charge is 2.52. The molecule has 1 aliphatic heterocycles. The van der Waals surface area contributed by atoms with Gasteiger partial charge in [0.05, 0.1) is 12.1 Å². The van der Waals surface area contributed by atoms with Crippen molar-refractivity contribution in [2.24, 2.45) is 5.92 Å². The van der Waals surface area contributed by atoms with Crippen molar-refractivity contribution in [2.45, 2.75) is 45.1 Å². The Hall–Kier alpha value is -0.610. The number of aliphatic hydroxyl groups is 1. The second-order valence-corrected chi connectivity index (χ2v) is 5.90. The molecule has 0 unspecified atom stereocenters. The van der Waals surface area contributed by atoms with Crippen LogP contribution >= 0.6 is 0 Å². The lowest BCUT2D eigenvalue weighted by molar-refractivity contribution is -0.144. The van der Waals surface area contributed by atoms with Crippen molar-refractivity contribution < 1.29 is 9.90 Å². The Morgan fingerprint density at radius 3 is 2.28 bits per heavy atom. The highest BCUT2D eigenvalue weighted by molar-refractivity contribution is 5.78. The summed E-state index contributed by atoms with van der Waals surface area (Å²) in [6.45, 7) is 7.78. The number of hydrogen-bond acceptors (Lipinski definition) is 3. The smallest absolute Gasteiger partial charge is 0.236 e. The van der Waals surface area contributed by atoms with E-state index in [4.69, 9.17) is 0 Å². The number of β-amino-alcohol motifs (C(OH)–C–C–N with tert-alkyl or cyclic N) is 1. The fourth-order valence-electron chi connectivity index (χ4n) is 2.91. The molecule has 1 saturated carbocycles. The van der Waals surface area contributed by atoms with Crippen LogP contribution in [0.15, 0.2) is 0 Å². The van der Waals surface area contributed by atoms with Crippen LogP contribution in [-0.4, -0.2) is 59.1 Å². The zero-order valence-electron chi connectivity index (χ0n) is 11.7. The maximum Gasteiger partial charge on any atom is 0.236 e. The average Bonchev–Trinajstić information content (AvgIpc) is 3.10. The number of carbonyl (C=O) groups excluding carboxylic acids is 1. The van der Waals surface area contributed by atoms with Crippen molar-refractivity contribution in [2.75, 3.05) is 32.7 Å². The van der Waals surface area contributed by atoms with Crippen LogP contribution in [-0.2, 0) is 4.79 Å². The van der Waals surface area contributed by atoms with E-state index in [9.17, 15) is 9.90 Å². The lowest BCUT2D eigenvalue weighted by atomic mass is 9.89. The zero-order valence-corrected chi connectivity index (χ0v) is 11.7. The van der Waals surface area contributed by atoms with Crippen molar-refractivity contribution in [1.29, 1.82) is 0 Å². The highest BCUT2D eigenvalue weighted by atomic mass is 16.3. The summed E-state index contributed by atoms with van der Waals surface area (Å²) in [5, 5.41) is 10.2. The maximum atomic E-state index is 12.1. The predicted molar refractivity (Wildman–Crippen MR) is 71.3 cm³/mol. The van der Waals surface area contributed by atoms with Gasteiger partial charge < -0.3 is 10.0 Å². The molecule has 104 valence electrons. The molecule has 0 aromatic heterocycles. The average molecular weight is 254 g/mol. The van der Waals surface area contributed by atoms with Gasteiger partial charge in [-0.15, -0.1) is 0 Å². The molecule has 0 radical (unpaired) electrons. The first kappa shape index (κ1) is 13.8. The number of nitrogens with zero attached hydrogens (tertiary/aromatic N) is 2. The molecule has 2 rings (SSSR count). The second-order valence-electron chi connectivity index (χ2n) is 5.90. The summed E-state index contributed by atoms with van der Waals surface area (Å²) >= 11 is 0. The van der Waals surface area contributed by atoms with Crippen LogP contribution in [0.1, 0.15) is 39.5 Å². The molecule has 1 aliphatic carbocycles. The second kappa shape index (κ2) is 5.57. The summed E-state index contributed by atoms with van der Waals surface area (Å²) in [5.41, 5.74) is -0.472. The van der Waals surface area contributed by atoms with Gasteiger partial charge in [-0.2, -0.15) is 0 Å². The molecular formula is C14H26N2O2. The Kier molecular flexibility index (Phi) is 4.28. The molecule has 4 heteroatoms. The lowest BCUT2D eigenvalue weighted by Crippen LogP contribution is -2.64. The van der Waals surface area contributed by atoms with Gasteiger partial charge in [-0.3, -0.25) is 9.69 Å². The third kappa shape index (κ3) is 3.04. The van der Waals surface area contributed by atoms with Crippen molar-refractivity contribution in [3.63, 3.8) is 0 Å². The van der Waals surface area contributed by atoms with Crippen LogP contribution in [0.3, 0.4) is 0 Å². The summed E-state index contributed by atoms with van der Waals surface area (Å²) < 4.78 is 0. The number of amides is 1. The first-order valence-corrected chi connectivity index (χ1v) is 7.31. The van der Waals surface area contributed by atoms with Crippen molar-refractivity contribution >= 4 is 5.91 Å². The van der Waals surface area contributed by atoms with E-state index in [2.05, 4.69) is 18.7 Å². The number of rotatable bonds is 7. The van der Waals surface area contributed by atoms with Crippen molar-refractivity contribution in [1.82, 2.24) is 9.80 Å². The normalized spacial score (nSPS) is 22.6. The molecule has 1 amide bonds. The molecule has 4 nitrogen and oxygen atoms in total. The van der Waals surface area contributed by atoms with Gasteiger partial charge in [0, 0.05) is 26.2 Å². The van der Waals surface area contributed by atoms with Gasteiger partial charge in [-0.25, -0.2) is 0 Å². The minimum Gasteiger partial charge on any atom is -0.387 e. The molecule has 0 aromatic rings. The molecule has 0 spiro atoms. The molecule has 18 heavy (non-hydrogen) atoms. The standard InChI is InChI=1S/C14H26N2O2/c1-3-7-16(8-4-2)13(17)9-15-10-14(18,11-15)12-5-6-12/h12,18H,3-11H2,1-2H3. The largest absolute Gasteiger partial charge is 0.387 e. The van der Waals surface area contributed by atoms with Crippen LogP contribution in [0.25, 0.3) is 0 Å². The van der Waals surface area contributed by atoms with Gasteiger partial charge in [0.2, 0.25) is 5.91 Å². The van der Waals surface area contributed by atoms with E-state index in [-0.39, 0.29) is 5.91 Å². The van der Waals surface area contributed by atoms with E-state index in [1.165, 1.54) is 0 Å². The molecule has 0 atom stereocenters. The molecule has 2 aliphatic rings. The van der Waals surface area contributed by atoms with Gasteiger partial charge in [-0.05, 0) is 31.6 Å².